The highest BCUT2D eigenvalue weighted by Gasteiger charge is 2.12. The van der Waals surface area contributed by atoms with E-state index in [0.717, 1.165) is 28.2 Å². The summed E-state index contributed by atoms with van der Waals surface area (Å²) in [5.41, 5.74) is 5.10. The van der Waals surface area contributed by atoms with Crippen molar-refractivity contribution in [1.82, 2.24) is 10.5 Å². The molecule has 0 unspecified atom stereocenters. The van der Waals surface area contributed by atoms with Crippen molar-refractivity contribution in [2.75, 3.05) is 13.2 Å². The van der Waals surface area contributed by atoms with Crippen molar-refractivity contribution in [3.8, 4) is 11.5 Å². The third-order valence-electron chi connectivity index (χ3n) is 3.19. The van der Waals surface area contributed by atoms with Crippen LogP contribution in [0, 0.1) is 0 Å². The standard InChI is InChI=1S/C16H16N2O3/c19-18-9-13-6-14-7-15(3-4-16(14)21-11-13)20-10-12-2-1-5-17-8-12/h1-8,18-19H,9-11H2. The Morgan fingerprint density at radius 2 is 2.29 bits per heavy atom. The molecular weight excluding hydrogens is 268 g/mol. The van der Waals surface area contributed by atoms with Gasteiger partial charge in [-0.1, -0.05) is 6.07 Å². The summed E-state index contributed by atoms with van der Waals surface area (Å²) < 4.78 is 11.4. The summed E-state index contributed by atoms with van der Waals surface area (Å²) in [5.74, 6) is 1.60. The van der Waals surface area contributed by atoms with Gasteiger partial charge in [0.25, 0.3) is 0 Å². The molecule has 2 aromatic rings. The van der Waals surface area contributed by atoms with Crippen LogP contribution < -0.4 is 15.0 Å². The zero-order chi connectivity index (χ0) is 14.5. The van der Waals surface area contributed by atoms with Crippen LogP contribution in [0.15, 0.2) is 48.3 Å². The van der Waals surface area contributed by atoms with E-state index in [1.54, 1.807) is 12.4 Å². The van der Waals surface area contributed by atoms with Crippen molar-refractivity contribution < 1.29 is 14.7 Å². The molecule has 0 saturated carbocycles. The van der Waals surface area contributed by atoms with Crippen molar-refractivity contribution in [2.45, 2.75) is 6.61 Å². The lowest BCUT2D eigenvalue weighted by Gasteiger charge is -2.18. The minimum atomic E-state index is 0.389. The molecule has 1 aliphatic heterocycles. The molecule has 3 rings (SSSR count). The normalized spacial score (nSPS) is 13.1. The number of nitrogens with zero attached hydrogens (tertiary/aromatic N) is 1. The van der Waals surface area contributed by atoms with Crippen LogP contribution in [-0.2, 0) is 6.61 Å². The molecule has 1 aromatic carbocycles. The quantitative estimate of drug-likeness (QED) is 0.826. The van der Waals surface area contributed by atoms with Gasteiger partial charge in [-0.3, -0.25) is 4.98 Å². The van der Waals surface area contributed by atoms with E-state index >= 15 is 0 Å². The Bertz CT molecular complexity index is 641. The second-order valence-corrected chi connectivity index (χ2v) is 4.78. The topological polar surface area (TPSA) is 63.6 Å². The average molecular weight is 284 g/mol. The number of benzene rings is 1. The molecule has 0 aliphatic carbocycles. The van der Waals surface area contributed by atoms with Crippen LogP contribution in [0.5, 0.6) is 11.5 Å². The number of rotatable bonds is 5. The molecule has 0 amide bonds. The predicted octanol–water partition coefficient (Wildman–Crippen LogP) is 2.42. The molecule has 5 nitrogen and oxygen atoms in total. The van der Waals surface area contributed by atoms with E-state index in [0.29, 0.717) is 19.8 Å². The van der Waals surface area contributed by atoms with Gasteiger partial charge in [0.2, 0.25) is 0 Å². The molecule has 0 spiro atoms. The number of hydrogen-bond donors (Lipinski definition) is 2. The fraction of sp³-hybridized carbons (Fsp3) is 0.188. The molecule has 21 heavy (non-hydrogen) atoms. The Morgan fingerprint density at radius 3 is 3.10 bits per heavy atom. The number of aromatic nitrogens is 1. The number of hydroxylamine groups is 1. The highest BCUT2D eigenvalue weighted by atomic mass is 16.5. The van der Waals surface area contributed by atoms with Crippen molar-refractivity contribution in [1.29, 1.82) is 0 Å². The minimum absolute atomic E-state index is 0.389. The number of pyridine rings is 1. The van der Waals surface area contributed by atoms with Gasteiger partial charge in [-0.2, -0.15) is 0 Å². The Balaban J connectivity index is 1.72. The van der Waals surface area contributed by atoms with Crippen molar-refractivity contribution in [3.05, 3.63) is 59.4 Å². The van der Waals surface area contributed by atoms with E-state index < -0.39 is 0 Å². The minimum Gasteiger partial charge on any atom is -0.489 e. The van der Waals surface area contributed by atoms with Gasteiger partial charge in [0.1, 0.15) is 24.7 Å². The first-order valence-electron chi connectivity index (χ1n) is 6.70. The molecule has 1 aliphatic rings. The smallest absolute Gasteiger partial charge is 0.127 e. The predicted molar refractivity (Wildman–Crippen MR) is 78.3 cm³/mol. The highest BCUT2D eigenvalue weighted by Crippen LogP contribution is 2.30. The van der Waals surface area contributed by atoms with Crippen LogP contribution in [0.1, 0.15) is 11.1 Å². The molecule has 0 fully saturated rings. The lowest BCUT2D eigenvalue weighted by molar-refractivity contribution is 0.173. The van der Waals surface area contributed by atoms with Gasteiger partial charge in [0, 0.05) is 30.1 Å². The molecule has 108 valence electrons. The van der Waals surface area contributed by atoms with E-state index in [1.165, 1.54) is 0 Å². The Morgan fingerprint density at radius 1 is 1.33 bits per heavy atom. The summed E-state index contributed by atoms with van der Waals surface area (Å²) in [5, 5.41) is 8.75. The van der Waals surface area contributed by atoms with Gasteiger partial charge in [0.05, 0.1) is 0 Å². The van der Waals surface area contributed by atoms with Gasteiger partial charge in [-0.15, -0.1) is 0 Å². The van der Waals surface area contributed by atoms with Crippen LogP contribution in [-0.4, -0.2) is 23.3 Å². The summed E-state index contributed by atoms with van der Waals surface area (Å²) in [6.45, 7) is 1.35. The van der Waals surface area contributed by atoms with Crippen LogP contribution >= 0.6 is 0 Å². The number of ether oxygens (including phenoxy) is 2. The first-order valence-corrected chi connectivity index (χ1v) is 6.70. The van der Waals surface area contributed by atoms with Crippen LogP contribution in [0.25, 0.3) is 6.08 Å². The zero-order valence-electron chi connectivity index (χ0n) is 11.5. The maximum Gasteiger partial charge on any atom is 0.127 e. The van der Waals surface area contributed by atoms with Gasteiger partial charge in [-0.05, 0) is 35.9 Å². The van der Waals surface area contributed by atoms with Gasteiger partial charge in [-0.25, -0.2) is 5.48 Å². The van der Waals surface area contributed by atoms with Crippen molar-refractivity contribution in [2.24, 2.45) is 0 Å². The van der Waals surface area contributed by atoms with E-state index in [2.05, 4.69) is 10.5 Å². The van der Waals surface area contributed by atoms with Gasteiger partial charge < -0.3 is 14.7 Å². The van der Waals surface area contributed by atoms with Crippen molar-refractivity contribution >= 4 is 6.08 Å². The van der Waals surface area contributed by atoms with E-state index in [-0.39, 0.29) is 0 Å². The van der Waals surface area contributed by atoms with Gasteiger partial charge >= 0.3 is 0 Å². The molecule has 1 aromatic heterocycles. The molecule has 2 heterocycles. The maximum atomic E-state index is 8.75. The largest absolute Gasteiger partial charge is 0.489 e. The van der Waals surface area contributed by atoms with Crippen LogP contribution in [0.3, 0.4) is 0 Å². The fourth-order valence-corrected chi connectivity index (χ4v) is 2.15. The van der Waals surface area contributed by atoms with E-state index in [9.17, 15) is 0 Å². The average Bonchev–Trinajstić information content (AvgIpc) is 2.54. The molecule has 0 saturated heterocycles. The fourth-order valence-electron chi connectivity index (χ4n) is 2.15. The molecule has 0 radical (unpaired) electrons. The Hall–Kier alpha value is -2.37. The lowest BCUT2D eigenvalue weighted by Crippen LogP contribution is -2.18. The second-order valence-electron chi connectivity index (χ2n) is 4.78. The summed E-state index contributed by atoms with van der Waals surface area (Å²) in [6.07, 6.45) is 5.52. The highest BCUT2D eigenvalue weighted by molar-refractivity contribution is 5.64. The SMILES string of the molecule is ONCC1=Cc2cc(OCc3cccnc3)ccc2OC1. The molecule has 5 heteroatoms. The first kappa shape index (κ1) is 13.6. The Kier molecular flexibility index (Phi) is 4.14. The zero-order valence-corrected chi connectivity index (χ0v) is 11.5. The molecular formula is C16H16N2O3. The van der Waals surface area contributed by atoms with Crippen molar-refractivity contribution in [3.63, 3.8) is 0 Å². The third-order valence-corrected chi connectivity index (χ3v) is 3.19. The lowest BCUT2D eigenvalue weighted by atomic mass is 10.1. The molecule has 0 atom stereocenters. The van der Waals surface area contributed by atoms with Crippen LogP contribution in [0.4, 0.5) is 0 Å². The molecule has 2 N–H and O–H groups in total. The maximum absolute atomic E-state index is 8.75. The monoisotopic (exact) mass is 284 g/mol. The summed E-state index contributed by atoms with van der Waals surface area (Å²) in [7, 11) is 0. The first-order chi connectivity index (χ1) is 10.3. The second kappa shape index (κ2) is 6.39. The van der Waals surface area contributed by atoms with Gasteiger partial charge in [0.15, 0.2) is 0 Å². The summed E-state index contributed by atoms with van der Waals surface area (Å²) in [6, 6.07) is 9.57. The third kappa shape index (κ3) is 3.39. The van der Waals surface area contributed by atoms with Crippen LogP contribution in [0.2, 0.25) is 0 Å². The van der Waals surface area contributed by atoms with E-state index in [4.69, 9.17) is 14.7 Å². The Labute approximate surface area is 122 Å². The molecule has 0 bridgehead atoms. The summed E-state index contributed by atoms with van der Waals surface area (Å²) >= 11 is 0. The van der Waals surface area contributed by atoms with E-state index in [1.807, 2.05) is 36.4 Å². The number of fused-ring (bicyclic) bond motifs is 1. The summed E-state index contributed by atoms with van der Waals surface area (Å²) in [4.78, 5) is 4.06. The number of hydrogen-bond acceptors (Lipinski definition) is 5. The number of nitrogens with one attached hydrogen (secondary N) is 1.